The lowest BCUT2D eigenvalue weighted by molar-refractivity contribution is -0.141. The molecule has 22 heavy (non-hydrogen) atoms. The summed E-state index contributed by atoms with van der Waals surface area (Å²) in [5, 5.41) is 19.3. The third kappa shape index (κ3) is 7.28. The van der Waals surface area contributed by atoms with Gasteiger partial charge in [0.2, 0.25) is 0 Å². The molecule has 0 spiro atoms. The van der Waals surface area contributed by atoms with Crippen LogP contribution in [0.15, 0.2) is 30.3 Å². The summed E-state index contributed by atoms with van der Waals surface area (Å²) in [5.41, 5.74) is 0.496. The molecule has 122 valence electrons. The smallest absolute Gasteiger partial charge is 0.407 e. The Kier molecular flexibility index (Phi) is 9.01. The molecule has 0 bridgehead atoms. The Hall–Kier alpha value is -2.57. The van der Waals surface area contributed by atoms with Crippen LogP contribution in [0.3, 0.4) is 0 Å². The van der Waals surface area contributed by atoms with Crippen LogP contribution in [0.5, 0.6) is 0 Å². The van der Waals surface area contributed by atoms with E-state index in [1.54, 1.807) is 37.3 Å². The molecule has 7 nitrogen and oxygen atoms in total. The largest absolute Gasteiger partial charge is 0.481 e. The Labute approximate surface area is 128 Å². The number of methoxy groups -OCH3 is 1. The van der Waals surface area contributed by atoms with Gasteiger partial charge in [0.1, 0.15) is 0 Å². The third-order valence-electron chi connectivity index (χ3n) is 2.86. The summed E-state index contributed by atoms with van der Waals surface area (Å²) in [6.45, 7) is 3.56. The van der Waals surface area contributed by atoms with Crippen molar-refractivity contribution in [2.75, 3.05) is 7.11 Å². The lowest BCUT2D eigenvalue weighted by Gasteiger charge is -2.13. The highest BCUT2D eigenvalue weighted by Gasteiger charge is 2.21. The molecule has 2 unspecified atom stereocenters. The van der Waals surface area contributed by atoms with Crippen molar-refractivity contribution in [2.45, 2.75) is 26.3 Å². The van der Waals surface area contributed by atoms with Gasteiger partial charge in [-0.05, 0) is 12.0 Å². The van der Waals surface area contributed by atoms with Crippen LogP contribution in [0.2, 0.25) is 0 Å². The topological polar surface area (TPSA) is 113 Å². The Balaban J connectivity index is 0.000000534. The monoisotopic (exact) mass is 311 g/mol. The minimum absolute atomic E-state index is 0.181. The van der Waals surface area contributed by atoms with Crippen LogP contribution in [0.25, 0.3) is 0 Å². The zero-order chi connectivity index (χ0) is 17.1. The molecule has 1 aromatic carbocycles. The molecule has 0 aliphatic rings. The molecule has 1 amide bonds. The van der Waals surface area contributed by atoms with Crippen molar-refractivity contribution < 1.29 is 29.3 Å². The number of ether oxygens (including phenoxy) is 1. The molecular weight excluding hydrogens is 290 g/mol. The van der Waals surface area contributed by atoms with Crippen LogP contribution < -0.4 is 5.32 Å². The maximum Gasteiger partial charge on any atom is 0.407 e. The van der Waals surface area contributed by atoms with Crippen molar-refractivity contribution in [2.24, 2.45) is 5.92 Å². The van der Waals surface area contributed by atoms with Gasteiger partial charge in [-0.3, -0.25) is 4.79 Å². The van der Waals surface area contributed by atoms with Crippen molar-refractivity contribution in [1.29, 1.82) is 0 Å². The van der Waals surface area contributed by atoms with Gasteiger partial charge in [-0.1, -0.05) is 44.2 Å². The highest BCUT2D eigenvalue weighted by molar-refractivity contribution is 5.81. The molecule has 2 atom stereocenters. The number of aliphatic carboxylic acids is 2. The number of alkyl carbamates (subject to hydrolysis) is 1. The lowest BCUT2D eigenvalue weighted by atomic mass is 10.1. The van der Waals surface area contributed by atoms with Crippen LogP contribution in [0.4, 0.5) is 4.79 Å². The average molecular weight is 311 g/mol. The lowest BCUT2D eigenvalue weighted by Crippen LogP contribution is -2.33. The number of hydrogen-bond acceptors (Lipinski definition) is 4. The number of carboxylic acid groups (broad SMARTS) is 2. The standard InChI is InChI=1S/C10H11NO4.C5H10O2/c1-15-10(14)11-8(9(12)13)7-5-3-2-4-6-7;1-3-4(2)5(6)7/h2-6,8H,1H3,(H,11,14)(H,12,13);4H,3H2,1-2H3,(H,6,7). The zero-order valence-electron chi connectivity index (χ0n) is 12.8. The molecule has 3 N–H and O–H groups in total. The normalized spacial score (nSPS) is 12.1. The van der Waals surface area contributed by atoms with Gasteiger partial charge in [0.25, 0.3) is 0 Å². The van der Waals surface area contributed by atoms with E-state index in [0.29, 0.717) is 5.56 Å². The molecule has 1 rings (SSSR count). The van der Waals surface area contributed by atoms with Crippen molar-refractivity contribution in [3.63, 3.8) is 0 Å². The molecule has 0 aromatic heterocycles. The van der Waals surface area contributed by atoms with E-state index in [1.807, 2.05) is 6.92 Å². The molecule has 0 radical (unpaired) electrons. The first-order valence-corrected chi connectivity index (χ1v) is 6.68. The maximum atomic E-state index is 10.9. The molecular formula is C15H21NO6. The van der Waals surface area contributed by atoms with Gasteiger partial charge in [0.15, 0.2) is 6.04 Å². The van der Waals surface area contributed by atoms with E-state index < -0.39 is 24.1 Å². The minimum atomic E-state index is -1.13. The number of carboxylic acids is 2. The SMILES string of the molecule is CCC(C)C(=O)O.COC(=O)NC(C(=O)O)c1ccccc1. The van der Waals surface area contributed by atoms with Crippen LogP contribution in [-0.2, 0) is 14.3 Å². The molecule has 0 aliphatic heterocycles. The summed E-state index contributed by atoms with van der Waals surface area (Å²) < 4.78 is 4.34. The Morgan fingerprint density at radius 1 is 1.14 bits per heavy atom. The van der Waals surface area contributed by atoms with Gasteiger partial charge in [0, 0.05) is 0 Å². The Morgan fingerprint density at radius 3 is 2.00 bits per heavy atom. The molecule has 0 saturated heterocycles. The number of rotatable bonds is 5. The predicted molar refractivity (Wildman–Crippen MR) is 79.5 cm³/mol. The van der Waals surface area contributed by atoms with Gasteiger partial charge in [-0.25, -0.2) is 9.59 Å². The van der Waals surface area contributed by atoms with E-state index in [1.165, 1.54) is 7.11 Å². The fourth-order valence-electron chi connectivity index (χ4n) is 1.28. The van der Waals surface area contributed by atoms with Gasteiger partial charge in [-0.2, -0.15) is 0 Å². The first-order chi connectivity index (χ1) is 10.3. The van der Waals surface area contributed by atoms with E-state index in [0.717, 1.165) is 6.42 Å². The minimum Gasteiger partial charge on any atom is -0.481 e. The fraction of sp³-hybridized carbons (Fsp3) is 0.400. The van der Waals surface area contributed by atoms with Crippen LogP contribution >= 0.6 is 0 Å². The number of hydrogen-bond donors (Lipinski definition) is 3. The Morgan fingerprint density at radius 2 is 1.68 bits per heavy atom. The summed E-state index contributed by atoms with van der Waals surface area (Å²) in [6.07, 6.45) is -0.0544. The summed E-state index contributed by atoms with van der Waals surface area (Å²) in [5.74, 6) is -2.02. The highest BCUT2D eigenvalue weighted by atomic mass is 16.5. The van der Waals surface area contributed by atoms with Gasteiger partial charge < -0.3 is 20.3 Å². The van der Waals surface area contributed by atoms with Crippen LogP contribution in [0, 0.1) is 5.92 Å². The first kappa shape index (κ1) is 19.4. The fourth-order valence-corrected chi connectivity index (χ4v) is 1.28. The second-order valence-corrected chi connectivity index (χ2v) is 4.47. The molecule has 0 fully saturated rings. The van der Waals surface area contributed by atoms with E-state index in [9.17, 15) is 14.4 Å². The van der Waals surface area contributed by atoms with Crippen molar-refractivity contribution in [1.82, 2.24) is 5.32 Å². The molecule has 0 heterocycles. The summed E-state index contributed by atoms with van der Waals surface area (Å²) in [6, 6.07) is 7.32. The molecule has 1 aromatic rings. The first-order valence-electron chi connectivity index (χ1n) is 6.68. The van der Waals surface area contributed by atoms with E-state index in [4.69, 9.17) is 10.2 Å². The quantitative estimate of drug-likeness (QED) is 0.769. The maximum absolute atomic E-state index is 10.9. The number of carbonyl (C=O) groups is 3. The van der Waals surface area contributed by atoms with Gasteiger partial charge >= 0.3 is 18.0 Å². The van der Waals surface area contributed by atoms with Crippen LogP contribution in [-0.4, -0.2) is 35.4 Å². The summed E-state index contributed by atoms with van der Waals surface area (Å²) in [7, 11) is 1.18. The number of nitrogens with one attached hydrogen (secondary N) is 1. The second-order valence-electron chi connectivity index (χ2n) is 4.47. The van der Waals surface area contributed by atoms with E-state index in [-0.39, 0.29) is 5.92 Å². The molecule has 7 heteroatoms. The zero-order valence-corrected chi connectivity index (χ0v) is 12.8. The van der Waals surface area contributed by atoms with Crippen molar-refractivity contribution >= 4 is 18.0 Å². The third-order valence-corrected chi connectivity index (χ3v) is 2.86. The number of benzene rings is 1. The van der Waals surface area contributed by atoms with Crippen molar-refractivity contribution in [3.8, 4) is 0 Å². The van der Waals surface area contributed by atoms with Gasteiger partial charge in [-0.15, -0.1) is 0 Å². The van der Waals surface area contributed by atoms with E-state index >= 15 is 0 Å². The average Bonchev–Trinajstić information content (AvgIpc) is 2.52. The summed E-state index contributed by atoms with van der Waals surface area (Å²) in [4.78, 5) is 31.7. The van der Waals surface area contributed by atoms with Crippen LogP contribution in [0.1, 0.15) is 31.9 Å². The highest BCUT2D eigenvalue weighted by Crippen LogP contribution is 2.12. The van der Waals surface area contributed by atoms with Crippen molar-refractivity contribution in [3.05, 3.63) is 35.9 Å². The molecule has 0 aliphatic carbocycles. The van der Waals surface area contributed by atoms with E-state index in [2.05, 4.69) is 10.1 Å². The summed E-state index contributed by atoms with van der Waals surface area (Å²) >= 11 is 0. The van der Waals surface area contributed by atoms with Gasteiger partial charge in [0.05, 0.1) is 13.0 Å². The number of carbonyl (C=O) groups excluding carboxylic acids is 1. The Bertz CT molecular complexity index is 488. The molecule has 0 saturated carbocycles. The predicted octanol–water partition coefficient (Wildman–Crippen LogP) is 2.29. The number of amides is 1. The second kappa shape index (κ2) is 10.2.